The molecule has 14 heavy (non-hydrogen) atoms. The zero-order valence-corrected chi connectivity index (χ0v) is 10.6. The van der Waals surface area contributed by atoms with Crippen LogP contribution in [0.1, 0.15) is 9.75 Å². The van der Waals surface area contributed by atoms with Gasteiger partial charge in [-0.2, -0.15) is 0 Å². The normalized spacial score (nSPS) is 15.0. The van der Waals surface area contributed by atoms with Crippen molar-refractivity contribution in [2.24, 2.45) is 0 Å². The van der Waals surface area contributed by atoms with Crippen molar-refractivity contribution < 1.29 is 0 Å². The molecule has 3 heterocycles. The molecular weight excluding hydrogens is 229 g/mol. The molecule has 0 fully saturated rings. The second kappa shape index (κ2) is 3.06. The Morgan fingerprint density at radius 2 is 1.79 bits per heavy atom. The number of rotatable bonds is 0. The van der Waals surface area contributed by atoms with Crippen LogP contribution in [0.15, 0.2) is 12.1 Å². The van der Waals surface area contributed by atoms with Crippen molar-refractivity contribution in [2.45, 2.75) is 13.8 Å². The van der Waals surface area contributed by atoms with Crippen LogP contribution in [0.3, 0.4) is 0 Å². The lowest BCUT2D eigenvalue weighted by Crippen LogP contribution is -2.03. The lowest BCUT2D eigenvalue weighted by molar-refractivity contribution is 1.63. The fraction of sp³-hybridized carbons (Fsp3) is 0.200. The van der Waals surface area contributed by atoms with Crippen LogP contribution in [-0.4, -0.2) is 0 Å². The first kappa shape index (κ1) is 8.90. The van der Waals surface area contributed by atoms with E-state index in [1.165, 1.54) is 30.5 Å². The minimum atomic E-state index is 0.741. The number of aryl methyl sites for hydroxylation is 2. The van der Waals surface area contributed by atoms with E-state index in [1.807, 2.05) is 22.7 Å². The predicted octanol–water partition coefficient (Wildman–Crippen LogP) is 3.74. The molecule has 0 radical (unpaired) electrons. The summed E-state index contributed by atoms with van der Waals surface area (Å²) in [6.45, 7) is 4.36. The lowest BCUT2D eigenvalue weighted by Gasteiger charge is -2.13. The maximum atomic E-state index is 3.50. The van der Waals surface area contributed by atoms with Crippen molar-refractivity contribution in [1.82, 2.24) is 0 Å². The smallest absolute Gasteiger partial charge is 0.0686 e. The van der Waals surface area contributed by atoms with E-state index >= 15 is 0 Å². The van der Waals surface area contributed by atoms with Gasteiger partial charge in [0.05, 0.1) is 15.4 Å². The number of hydrogen-bond donors (Lipinski definition) is 1. The first-order chi connectivity index (χ1) is 6.74. The molecule has 1 atom stereocenters. The third kappa shape index (κ3) is 1.23. The Morgan fingerprint density at radius 1 is 1.07 bits per heavy atom. The zero-order chi connectivity index (χ0) is 9.71. The van der Waals surface area contributed by atoms with E-state index in [1.54, 1.807) is 0 Å². The van der Waals surface area contributed by atoms with Gasteiger partial charge in [-0.25, -0.2) is 0 Å². The molecule has 0 aromatic carbocycles. The summed E-state index contributed by atoms with van der Waals surface area (Å²) in [5, 5.41) is 4.99. The Bertz CT molecular complexity index is 452. The fourth-order valence-corrected chi connectivity index (χ4v) is 5.31. The highest BCUT2D eigenvalue weighted by Gasteiger charge is 2.20. The van der Waals surface area contributed by atoms with Gasteiger partial charge in [0.2, 0.25) is 0 Å². The first-order valence-electron chi connectivity index (χ1n) is 4.47. The van der Waals surface area contributed by atoms with Crippen molar-refractivity contribution in [3.8, 4) is 9.75 Å². The molecule has 1 aliphatic rings. The molecule has 0 bridgehead atoms. The molecule has 0 saturated carbocycles. The van der Waals surface area contributed by atoms with E-state index in [9.17, 15) is 0 Å². The molecule has 4 heteroatoms. The third-order valence-electron chi connectivity index (χ3n) is 2.25. The van der Waals surface area contributed by atoms with E-state index in [2.05, 4.69) is 31.1 Å². The number of hydrogen-bond acceptors (Lipinski definition) is 3. The van der Waals surface area contributed by atoms with Crippen molar-refractivity contribution in [2.75, 3.05) is 5.09 Å². The van der Waals surface area contributed by atoms with Gasteiger partial charge in [0.1, 0.15) is 0 Å². The molecular formula is C10H10NPS2. The summed E-state index contributed by atoms with van der Waals surface area (Å²) in [7, 11) is 0.741. The van der Waals surface area contributed by atoms with Gasteiger partial charge in [0.15, 0.2) is 0 Å². The minimum Gasteiger partial charge on any atom is -0.362 e. The highest BCUT2D eigenvalue weighted by atomic mass is 32.1. The number of fused-ring (bicyclic) bond motifs is 3. The van der Waals surface area contributed by atoms with E-state index in [-0.39, 0.29) is 0 Å². The molecule has 0 saturated heterocycles. The molecule has 3 rings (SSSR count). The average Bonchev–Trinajstić information content (AvgIpc) is 2.65. The summed E-state index contributed by atoms with van der Waals surface area (Å²) in [5.41, 5.74) is 1.33. The Balaban J connectivity index is 2.27. The first-order valence-corrected chi connectivity index (χ1v) is 7.10. The zero-order valence-electron chi connectivity index (χ0n) is 7.97. The molecule has 2 aromatic heterocycles. The molecule has 0 aliphatic carbocycles. The van der Waals surface area contributed by atoms with Gasteiger partial charge in [-0.1, -0.05) is 0 Å². The van der Waals surface area contributed by atoms with E-state index < -0.39 is 0 Å². The predicted molar refractivity (Wildman–Crippen MR) is 68.7 cm³/mol. The SMILES string of the molecule is Cc1cc2c(s1)-c1sc(C)cc1PN2. The quantitative estimate of drug-likeness (QED) is 0.691. The van der Waals surface area contributed by atoms with Crippen molar-refractivity contribution in [1.29, 1.82) is 0 Å². The van der Waals surface area contributed by atoms with Crippen LogP contribution in [0.4, 0.5) is 5.69 Å². The molecule has 0 amide bonds. The van der Waals surface area contributed by atoms with Gasteiger partial charge in [-0.15, -0.1) is 22.7 Å². The van der Waals surface area contributed by atoms with Gasteiger partial charge in [-0.3, -0.25) is 0 Å². The maximum absolute atomic E-state index is 3.50. The molecule has 2 aromatic rings. The number of anilines is 1. The fourth-order valence-electron chi connectivity index (χ4n) is 1.69. The Morgan fingerprint density at radius 3 is 2.64 bits per heavy atom. The monoisotopic (exact) mass is 239 g/mol. The molecule has 1 nitrogen and oxygen atoms in total. The van der Waals surface area contributed by atoms with Gasteiger partial charge < -0.3 is 5.09 Å². The number of nitrogens with one attached hydrogen (secondary N) is 1. The summed E-state index contributed by atoms with van der Waals surface area (Å²) in [6, 6.07) is 4.56. The summed E-state index contributed by atoms with van der Waals surface area (Å²) >= 11 is 3.82. The minimum absolute atomic E-state index is 0.741. The van der Waals surface area contributed by atoms with Crippen LogP contribution in [0.5, 0.6) is 0 Å². The topological polar surface area (TPSA) is 12.0 Å². The molecule has 1 N–H and O–H groups in total. The van der Waals surface area contributed by atoms with Crippen LogP contribution in [0.25, 0.3) is 9.75 Å². The lowest BCUT2D eigenvalue weighted by atomic mass is 10.3. The van der Waals surface area contributed by atoms with Gasteiger partial charge in [0.25, 0.3) is 0 Å². The standard InChI is InChI=1S/C10H10NPS2/c1-5-3-7-9(13-5)10-8(12-11-7)4-6(2)14-10/h3-4,11-12H,1-2H3. The average molecular weight is 239 g/mol. The van der Waals surface area contributed by atoms with Crippen LogP contribution >= 0.6 is 31.4 Å². The summed E-state index contributed by atoms with van der Waals surface area (Å²) in [5.74, 6) is 0. The molecule has 1 unspecified atom stereocenters. The van der Waals surface area contributed by atoms with Crippen LogP contribution in [0, 0.1) is 13.8 Å². The van der Waals surface area contributed by atoms with Crippen molar-refractivity contribution >= 4 is 42.4 Å². The van der Waals surface area contributed by atoms with Crippen LogP contribution in [-0.2, 0) is 0 Å². The highest BCUT2D eigenvalue weighted by Crippen LogP contribution is 2.45. The third-order valence-corrected chi connectivity index (χ3v) is 5.75. The molecule has 1 aliphatic heterocycles. The van der Waals surface area contributed by atoms with Crippen molar-refractivity contribution in [3.63, 3.8) is 0 Å². The van der Waals surface area contributed by atoms with E-state index in [0.717, 1.165) is 8.73 Å². The molecule has 0 spiro atoms. The Labute approximate surface area is 93.0 Å². The largest absolute Gasteiger partial charge is 0.362 e. The number of thiophene rings is 2. The summed E-state index contributed by atoms with van der Waals surface area (Å²) in [6.07, 6.45) is 0. The van der Waals surface area contributed by atoms with Crippen LogP contribution in [0.2, 0.25) is 0 Å². The Kier molecular flexibility index (Phi) is 1.94. The molecule has 72 valence electrons. The van der Waals surface area contributed by atoms with Crippen molar-refractivity contribution in [3.05, 3.63) is 21.9 Å². The van der Waals surface area contributed by atoms with Gasteiger partial charge in [0, 0.05) is 23.8 Å². The van der Waals surface area contributed by atoms with E-state index in [4.69, 9.17) is 0 Å². The summed E-state index contributed by atoms with van der Waals surface area (Å²) < 4.78 is 0. The Hall–Kier alpha value is -0.370. The highest BCUT2D eigenvalue weighted by molar-refractivity contribution is 7.51. The van der Waals surface area contributed by atoms with Gasteiger partial charge in [-0.05, 0) is 26.0 Å². The second-order valence-electron chi connectivity index (χ2n) is 3.45. The van der Waals surface area contributed by atoms with Crippen LogP contribution < -0.4 is 10.4 Å². The second-order valence-corrected chi connectivity index (χ2v) is 7.00. The maximum Gasteiger partial charge on any atom is 0.0686 e. The van der Waals surface area contributed by atoms with Gasteiger partial charge >= 0.3 is 0 Å². The summed E-state index contributed by atoms with van der Waals surface area (Å²) in [4.78, 5) is 5.75. The van der Waals surface area contributed by atoms with E-state index in [0.29, 0.717) is 0 Å².